The molecule has 3 aromatic rings. The Morgan fingerprint density at radius 2 is 1.96 bits per heavy atom. The second kappa shape index (κ2) is 6.74. The summed E-state index contributed by atoms with van der Waals surface area (Å²) < 4.78 is 9.32. The minimum atomic E-state index is -0.296. The van der Waals surface area contributed by atoms with Crippen LogP contribution < -0.4 is 0 Å². The Labute approximate surface area is 141 Å². The Morgan fingerprint density at radius 1 is 1.21 bits per heavy atom. The summed E-state index contributed by atoms with van der Waals surface area (Å²) in [5.74, 6) is -0.296. The van der Waals surface area contributed by atoms with Crippen LogP contribution in [0.4, 0.5) is 0 Å². The zero-order chi connectivity index (χ0) is 17.1. The number of carbonyl (C=O) groups excluding carboxylic acids is 1. The standard InChI is InChI=1S/C19H21N3O2/c1-4-21-14(2)10-18(15(21)3)19(23)24-13-16-11-20-22(12-16)17-8-6-5-7-9-17/h5-12H,4,13H2,1-3H3. The zero-order valence-electron chi connectivity index (χ0n) is 14.2. The van der Waals surface area contributed by atoms with Crippen LogP contribution in [0.5, 0.6) is 0 Å². The quantitative estimate of drug-likeness (QED) is 0.673. The van der Waals surface area contributed by atoms with Crippen LogP contribution in [0.25, 0.3) is 5.69 Å². The SMILES string of the molecule is CCn1c(C)cc(C(=O)OCc2cnn(-c3ccccc3)c2)c1C. The third kappa shape index (κ3) is 3.11. The summed E-state index contributed by atoms with van der Waals surface area (Å²) in [6.07, 6.45) is 3.59. The fraction of sp³-hybridized carbons (Fsp3) is 0.263. The molecule has 0 bridgehead atoms. The van der Waals surface area contributed by atoms with Crippen LogP contribution >= 0.6 is 0 Å². The monoisotopic (exact) mass is 323 g/mol. The average Bonchev–Trinajstić information content (AvgIpc) is 3.18. The largest absolute Gasteiger partial charge is 0.457 e. The number of esters is 1. The lowest BCUT2D eigenvalue weighted by Crippen LogP contribution is -2.07. The van der Waals surface area contributed by atoms with Gasteiger partial charge in [0.25, 0.3) is 0 Å². The molecule has 5 heteroatoms. The van der Waals surface area contributed by atoms with E-state index in [9.17, 15) is 4.79 Å². The highest BCUT2D eigenvalue weighted by molar-refractivity contribution is 5.91. The van der Waals surface area contributed by atoms with Gasteiger partial charge in [0.05, 0.1) is 17.4 Å². The van der Waals surface area contributed by atoms with Gasteiger partial charge in [0.2, 0.25) is 0 Å². The second-order valence-corrected chi connectivity index (χ2v) is 5.73. The molecular formula is C19H21N3O2. The van der Waals surface area contributed by atoms with Crippen LogP contribution in [0.15, 0.2) is 48.8 Å². The molecule has 0 saturated heterocycles. The molecule has 0 radical (unpaired) electrons. The Bertz CT molecular complexity index is 847. The Kier molecular flexibility index (Phi) is 4.51. The highest BCUT2D eigenvalue weighted by atomic mass is 16.5. The number of benzene rings is 1. The summed E-state index contributed by atoms with van der Waals surface area (Å²) in [6, 6.07) is 11.7. The van der Waals surface area contributed by atoms with Gasteiger partial charge in [0, 0.05) is 29.7 Å². The average molecular weight is 323 g/mol. The highest BCUT2D eigenvalue weighted by Crippen LogP contribution is 2.17. The molecule has 1 aromatic carbocycles. The molecule has 2 heterocycles. The van der Waals surface area contributed by atoms with Gasteiger partial charge in [-0.2, -0.15) is 5.10 Å². The van der Waals surface area contributed by atoms with Crippen molar-refractivity contribution in [3.05, 3.63) is 71.3 Å². The first-order chi connectivity index (χ1) is 11.6. The van der Waals surface area contributed by atoms with E-state index in [2.05, 4.69) is 16.6 Å². The molecule has 24 heavy (non-hydrogen) atoms. The van der Waals surface area contributed by atoms with E-state index in [-0.39, 0.29) is 12.6 Å². The molecule has 0 aliphatic heterocycles. The van der Waals surface area contributed by atoms with E-state index in [1.807, 2.05) is 56.4 Å². The van der Waals surface area contributed by atoms with Crippen molar-refractivity contribution >= 4 is 5.97 Å². The molecule has 0 N–H and O–H groups in total. The predicted molar refractivity (Wildman–Crippen MR) is 92.3 cm³/mol. The minimum absolute atomic E-state index is 0.210. The lowest BCUT2D eigenvalue weighted by atomic mass is 10.2. The van der Waals surface area contributed by atoms with E-state index in [0.29, 0.717) is 5.56 Å². The fourth-order valence-corrected chi connectivity index (χ4v) is 2.88. The van der Waals surface area contributed by atoms with E-state index in [4.69, 9.17) is 4.74 Å². The van der Waals surface area contributed by atoms with Crippen molar-refractivity contribution in [2.24, 2.45) is 0 Å². The molecule has 0 aliphatic carbocycles. The number of hydrogen-bond donors (Lipinski definition) is 0. The molecule has 5 nitrogen and oxygen atoms in total. The maximum Gasteiger partial charge on any atom is 0.340 e. The van der Waals surface area contributed by atoms with Crippen LogP contribution in [-0.4, -0.2) is 20.3 Å². The summed E-state index contributed by atoms with van der Waals surface area (Å²) in [5, 5.41) is 4.31. The molecule has 3 rings (SSSR count). The van der Waals surface area contributed by atoms with Crippen molar-refractivity contribution in [1.82, 2.24) is 14.3 Å². The predicted octanol–water partition coefficient (Wildman–Crippen LogP) is 3.67. The van der Waals surface area contributed by atoms with Gasteiger partial charge in [-0.05, 0) is 39.0 Å². The van der Waals surface area contributed by atoms with E-state index in [1.54, 1.807) is 10.9 Å². The van der Waals surface area contributed by atoms with Crippen LogP contribution in [0.3, 0.4) is 0 Å². The van der Waals surface area contributed by atoms with Crippen molar-refractivity contribution in [3.8, 4) is 5.69 Å². The third-order valence-corrected chi connectivity index (χ3v) is 4.14. The Hall–Kier alpha value is -2.82. The number of aryl methyl sites for hydroxylation is 1. The van der Waals surface area contributed by atoms with Crippen molar-refractivity contribution < 1.29 is 9.53 Å². The number of rotatable bonds is 5. The van der Waals surface area contributed by atoms with Crippen LogP contribution in [-0.2, 0) is 17.9 Å². The molecule has 0 saturated carbocycles. The Morgan fingerprint density at radius 3 is 2.62 bits per heavy atom. The molecule has 0 atom stereocenters. The van der Waals surface area contributed by atoms with E-state index in [1.165, 1.54) is 0 Å². The summed E-state index contributed by atoms with van der Waals surface area (Å²) in [4.78, 5) is 12.3. The first-order valence-electron chi connectivity index (χ1n) is 8.03. The van der Waals surface area contributed by atoms with Gasteiger partial charge in [0.1, 0.15) is 6.61 Å². The first-order valence-corrected chi connectivity index (χ1v) is 8.03. The zero-order valence-corrected chi connectivity index (χ0v) is 14.2. The number of ether oxygens (including phenoxy) is 1. The molecule has 0 fully saturated rings. The van der Waals surface area contributed by atoms with Crippen molar-refractivity contribution in [3.63, 3.8) is 0 Å². The van der Waals surface area contributed by atoms with Gasteiger partial charge in [-0.3, -0.25) is 0 Å². The van der Waals surface area contributed by atoms with Crippen molar-refractivity contribution in [2.45, 2.75) is 33.9 Å². The maximum atomic E-state index is 12.3. The van der Waals surface area contributed by atoms with Crippen molar-refractivity contribution in [1.29, 1.82) is 0 Å². The first kappa shape index (κ1) is 16.1. The number of carbonyl (C=O) groups is 1. The van der Waals surface area contributed by atoms with Gasteiger partial charge in [-0.1, -0.05) is 18.2 Å². The van der Waals surface area contributed by atoms with E-state index >= 15 is 0 Å². The van der Waals surface area contributed by atoms with Gasteiger partial charge in [-0.15, -0.1) is 0 Å². The summed E-state index contributed by atoms with van der Waals surface area (Å²) in [7, 11) is 0. The van der Waals surface area contributed by atoms with Crippen LogP contribution in [0.2, 0.25) is 0 Å². The van der Waals surface area contributed by atoms with Gasteiger partial charge in [0.15, 0.2) is 0 Å². The summed E-state index contributed by atoms with van der Waals surface area (Å²) in [5.41, 5.74) is 4.47. The smallest absolute Gasteiger partial charge is 0.340 e. The summed E-state index contributed by atoms with van der Waals surface area (Å²) in [6.45, 7) is 7.06. The molecule has 0 spiro atoms. The lowest BCUT2D eigenvalue weighted by Gasteiger charge is -2.06. The molecule has 124 valence electrons. The molecular weight excluding hydrogens is 302 g/mol. The maximum absolute atomic E-state index is 12.3. The van der Waals surface area contributed by atoms with Crippen LogP contribution in [0.1, 0.15) is 34.2 Å². The number of para-hydroxylation sites is 1. The van der Waals surface area contributed by atoms with Crippen LogP contribution in [0, 0.1) is 13.8 Å². The molecule has 0 amide bonds. The number of aromatic nitrogens is 3. The van der Waals surface area contributed by atoms with Gasteiger partial charge in [-0.25, -0.2) is 9.48 Å². The second-order valence-electron chi connectivity index (χ2n) is 5.73. The van der Waals surface area contributed by atoms with E-state index < -0.39 is 0 Å². The lowest BCUT2D eigenvalue weighted by molar-refractivity contribution is 0.0471. The minimum Gasteiger partial charge on any atom is -0.457 e. The molecule has 0 aliphatic rings. The highest BCUT2D eigenvalue weighted by Gasteiger charge is 2.16. The van der Waals surface area contributed by atoms with Gasteiger partial charge >= 0.3 is 5.97 Å². The topological polar surface area (TPSA) is 49.1 Å². The fourth-order valence-electron chi connectivity index (χ4n) is 2.88. The summed E-state index contributed by atoms with van der Waals surface area (Å²) >= 11 is 0. The Balaban J connectivity index is 1.68. The van der Waals surface area contributed by atoms with E-state index in [0.717, 1.165) is 29.2 Å². The molecule has 2 aromatic heterocycles. The molecule has 0 unspecified atom stereocenters. The third-order valence-electron chi connectivity index (χ3n) is 4.14. The normalized spacial score (nSPS) is 10.8. The van der Waals surface area contributed by atoms with Gasteiger partial charge < -0.3 is 9.30 Å². The number of nitrogens with zero attached hydrogens (tertiary/aromatic N) is 3. The van der Waals surface area contributed by atoms with Crippen molar-refractivity contribution in [2.75, 3.05) is 0 Å². The number of hydrogen-bond acceptors (Lipinski definition) is 3.